The number of carbonyl (C=O) groups is 1. The Kier molecular flexibility index (Phi) is 2.71. The molecule has 4 heteroatoms. The molecule has 3 aromatic carbocycles. The SMILES string of the molecule is COc1ccc2cc3c(O)c(C(=O)O)ccc3cc2c1. The van der Waals surface area contributed by atoms with Crippen molar-refractivity contribution in [2.75, 3.05) is 7.11 Å². The van der Waals surface area contributed by atoms with Crippen molar-refractivity contribution in [1.82, 2.24) is 0 Å². The number of hydrogen-bond donors (Lipinski definition) is 2. The molecule has 0 amide bonds. The van der Waals surface area contributed by atoms with Crippen LogP contribution in [0.15, 0.2) is 42.5 Å². The van der Waals surface area contributed by atoms with Gasteiger partial charge < -0.3 is 14.9 Å². The van der Waals surface area contributed by atoms with Gasteiger partial charge in [-0.15, -0.1) is 0 Å². The topological polar surface area (TPSA) is 66.8 Å². The average Bonchev–Trinajstić information content (AvgIpc) is 2.45. The lowest BCUT2D eigenvalue weighted by Crippen LogP contribution is -1.96. The monoisotopic (exact) mass is 268 g/mol. The smallest absolute Gasteiger partial charge is 0.339 e. The first-order valence-electron chi connectivity index (χ1n) is 6.07. The molecule has 0 heterocycles. The number of ether oxygens (including phenoxy) is 1. The lowest BCUT2D eigenvalue weighted by molar-refractivity contribution is 0.0694. The maximum atomic E-state index is 11.0. The molecule has 0 radical (unpaired) electrons. The molecule has 0 aromatic heterocycles. The third-order valence-corrected chi connectivity index (χ3v) is 3.39. The molecule has 3 rings (SSSR count). The molecule has 0 atom stereocenters. The van der Waals surface area contributed by atoms with Crippen molar-refractivity contribution in [3.63, 3.8) is 0 Å². The maximum Gasteiger partial charge on any atom is 0.339 e. The van der Waals surface area contributed by atoms with E-state index in [0.29, 0.717) is 5.39 Å². The van der Waals surface area contributed by atoms with E-state index in [4.69, 9.17) is 9.84 Å². The summed E-state index contributed by atoms with van der Waals surface area (Å²) in [4.78, 5) is 11.0. The van der Waals surface area contributed by atoms with Crippen LogP contribution >= 0.6 is 0 Å². The van der Waals surface area contributed by atoms with Gasteiger partial charge in [-0.3, -0.25) is 0 Å². The highest BCUT2D eigenvalue weighted by molar-refractivity contribution is 6.05. The number of carboxylic acids is 1. The van der Waals surface area contributed by atoms with E-state index >= 15 is 0 Å². The normalized spacial score (nSPS) is 10.8. The van der Waals surface area contributed by atoms with E-state index in [-0.39, 0.29) is 11.3 Å². The first-order chi connectivity index (χ1) is 9.60. The Balaban J connectivity index is 2.35. The summed E-state index contributed by atoms with van der Waals surface area (Å²) in [5, 5.41) is 22.3. The summed E-state index contributed by atoms with van der Waals surface area (Å²) in [6, 6.07) is 12.4. The van der Waals surface area contributed by atoms with Crippen molar-refractivity contribution in [2.24, 2.45) is 0 Å². The first kappa shape index (κ1) is 12.3. The molecule has 3 aromatic rings. The number of methoxy groups -OCH3 is 1. The van der Waals surface area contributed by atoms with Crippen molar-refractivity contribution < 1.29 is 19.7 Å². The lowest BCUT2D eigenvalue weighted by Gasteiger charge is -2.08. The van der Waals surface area contributed by atoms with Crippen LogP contribution in [0, 0.1) is 0 Å². The number of rotatable bonds is 2. The van der Waals surface area contributed by atoms with Gasteiger partial charge in [0.15, 0.2) is 0 Å². The van der Waals surface area contributed by atoms with Gasteiger partial charge >= 0.3 is 5.97 Å². The van der Waals surface area contributed by atoms with E-state index < -0.39 is 5.97 Å². The average molecular weight is 268 g/mol. The van der Waals surface area contributed by atoms with Crippen molar-refractivity contribution in [3.8, 4) is 11.5 Å². The molecule has 0 saturated heterocycles. The van der Waals surface area contributed by atoms with Gasteiger partial charge in [-0.1, -0.05) is 12.1 Å². The second-order valence-electron chi connectivity index (χ2n) is 4.55. The highest BCUT2D eigenvalue weighted by Gasteiger charge is 2.13. The number of fused-ring (bicyclic) bond motifs is 2. The largest absolute Gasteiger partial charge is 0.506 e. The van der Waals surface area contributed by atoms with Gasteiger partial charge in [0.05, 0.1) is 7.11 Å². The standard InChI is InChI=1S/C16H12O4/c1-20-12-4-2-9-8-14-10(6-11(9)7-12)3-5-13(15(14)17)16(18)19/h2-8,17H,1H3,(H,18,19). The van der Waals surface area contributed by atoms with E-state index in [0.717, 1.165) is 21.9 Å². The fourth-order valence-electron chi connectivity index (χ4n) is 2.33. The van der Waals surface area contributed by atoms with Crippen LogP contribution in [0.4, 0.5) is 0 Å². The zero-order valence-electron chi connectivity index (χ0n) is 10.8. The van der Waals surface area contributed by atoms with Gasteiger partial charge in [0, 0.05) is 5.39 Å². The summed E-state index contributed by atoms with van der Waals surface area (Å²) in [6.07, 6.45) is 0. The molecule has 0 fully saturated rings. The summed E-state index contributed by atoms with van der Waals surface area (Å²) >= 11 is 0. The molecular weight excluding hydrogens is 256 g/mol. The van der Waals surface area contributed by atoms with E-state index in [1.807, 2.05) is 24.3 Å². The Hall–Kier alpha value is -2.75. The minimum Gasteiger partial charge on any atom is -0.506 e. The van der Waals surface area contributed by atoms with Crippen molar-refractivity contribution in [2.45, 2.75) is 0 Å². The Bertz CT molecular complexity index is 837. The highest BCUT2D eigenvalue weighted by atomic mass is 16.5. The molecular formula is C16H12O4. The van der Waals surface area contributed by atoms with Crippen molar-refractivity contribution >= 4 is 27.5 Å². The van der Waals surface area contributed by atoms with Crippen LogP contribution in [0.1, 0.15) is 10.4 Å². The lowest BCUT2D eigenvalue weighted by atomic mass is 10.0. The van der Waals surface area contributed by atoms with Gasteiger partial charge in [0.25, 0.3) is 0 Å². The van der Waals surface area contributed by atoms with Gasteiger partial charge in [-0.05, 0) is 46.5 Å². The molecule has 100 valence electrons. The number of phenols is 1. The van der Waals surface area contributed by atoms with Crippen LogP contribution in [0.5, 0.6) is 11.5 Å². The van der Waals surface area contributed by atoms with Gasteiger partial charge in [-0.2, -0.15) is 0 Å². The Morgan fingerprint density at radius 3 is 2.45 bits per heavy atom. The van der Waals surface area contributed by atoms with Gasteiger partial charge in [-0.25, -0.2) is 4.79 Å². The molecule has 0 aliphatic carbocycles. The summed E-state index contributed by atoms with van der Waals surface area (Å²) in [7, 11) is 1.60. The maximum absolute atomic E-state index is 11.0. The quantitative estimate of drug-likeness (QED) is 0.699. The molecule has 0 saturated carbocycles. The van der Waals surface area contributed by atoms with Crippen LogP contribution in [-0.4, -0.2) is 23.3 Å². The third kappa shape index (κ3) is 1.82. The van der Waals surface area contributed by atoms with Gasteiger partial charge in [0.1, 0.15) is 17.1 Å². The Morgan fingerprint density at radius 1 is 1.00 bits per heavy atom. The number of aromatic hydroxyl groups is 1. The predicted molar refractivity (Wildman–Crippen MR) is 76.6 cm³/mol. The third-order valence-electron chi connectivity index (χ3n) is 3.39. The van der Waals surface area contributed by atoms with Crippen LogP contribution < -0.4 is 4.74 Å². The summed E-state index contributed by atoms with van der Waals surface area (Å²) in [6.45, 7) is 0. The minimum absolute atomic E-state index is 0.0923. The van der Waals surface area contributed by atoms with Gasteiger partial charge in [0.2, 0.25) is 0 Å². The van der Waals surface area contributed by atoms with Crippen LogP contribution in [0.3, 0.4) is 0 Å². The van der Waals surface area contributed by atoms with E-state index in [9.17, 15) is 9.90 Å². The number of hydrogen-bond acceptors (Lipinski definition) is 3. The number of aromatic carboxylic acids is 1. The van der Waals surface area contributed by atoms with E-state index in [2.05, 4.69) is 0 Å². The Labute approximate surface area is 114 Å². The zero-order chi connectivity index (χ0) is 14.3. The van der Waals surface area contributed by atoms with Crippen LogP contribution in [-0.2, 0) is 0 Å². The molecule has 2 N–H and O–H groups in total. The van der Waals surface area contributed by atoms with Crippen LogP contribution in [0.2, 0.25) is 0 Å². The zero-order valence-corrected chi connectivity index (χ0v) is 10.8. The molecule has 0 bridgehead atoms. The molecule has 4 nitrogen and oxygen atoms in total. The fraction of sp³-hybridized carbons (Fsp3) is 0.0625. The van der Waals surface area contributed by atoms with E-state index in [1.54, 1.807) is 19.2 Å². The summed E-state index contributed by atoms with van der Waals surface area (Å²) in [5.74, 6) is -0.588. The molecule has 0 unspecified atom stereocenters. The molecule has 20 heavy (non-hydrogen) atoms. The molecule has 0 aliphatic rings. The van der Waals surface area contributed by atoms with E-state index in [1.165, 1.54) is 6.07 Å². The first-order valence-corrected chi connectivity index (χ1v) is 6.07. The highest BCUT2D eigenvalue weighted by Crippen LogP contribution is 2.33. The second-order valence-corrected chi connectivity index (χ2v) is 4.55. The number of carboxylic acid groups (broad SMARTS) is 1. The second kappa shape index (κ2) is 4.42. The van der Waals surface area contributed by atoms with Crippen LogP contribution in [0.25, 0.3) is 21.5 Å². The van der Waals surface area contributed by atoms with Crippen molar-refractivity contribution in [3.05, 3.63) is 48.0 Å². The minimum atomic E-state index is -1.14. The van der Waals surface area contributed by atoms with Crippen molar-refractivity contribution in [1.29, 1.82) is 0 Å². The Morgan fingerprint density at radius 2 is 1.75 bits per heavy atom. The summed E-state index contributed by atoms with van der Waals surface area (Å²) < 4.78 is 5.18. The predicted octanol–water partition coefficient (Wildman–Crippen LogP) is 3.41. The summed E-state index contributed by atoms with van der Waals surface area (Å²) in [5.41, 5.74) is -0.0923. The fourth-order valence-corrected chi connectivity index (χ4v) is 2.33. The molecule has 0 spiro atoms. The molecule has 0 aliphatic heterocycles. The number of benzene rings is 3.